The number of benzene rings is 2. The van der Waals surface area contributed by atoms with Crippen molar-refractivity contribution in [3.63, 3.8) is 0 Å². The molecular weight excluding hydrogens is 288 g/mol. The first-order chi connectivity index (χ1) is 11.3. The third kappa shape index (κ3) is 3.70. The largest absolute Gasteiger partial charge is 0.484 e. The van der Waals surface area contributed by atoms with E-state index in [-0.39, 0.29) is 18.6 Å². The molecule has 1 N–H and O–H groups in total. The molecule has 0 unspecified atom stereocenters. The minimum atomic E-state index is -0.144. The third-order valence-corrected chi connectivity index (χ3v) is 4.04. The summed E-state index contributed by atoms with van der Waals surface area (Å²) in [5.74, 6) is 0.386. The first kappa shape index (κ1) is 15.1. The molecule has 1 amide bonds. The first-order valence-electron chi connectivity index (χ1n) is 7.76. The zero-order valence-electron chi connectivity index (χ0n) is 12.8. The Balaban J connectivity index is 1.59. The van der Waals surface area contributed by atoms with Gasteiger partial charge in [0.05, 0.1) is 17.7 Å². The van der Waals surface area contributed by atoms with Crippen molar-refractivity contribution in [1.82, 2.24) is 5.32 Å². The fraction of sp³-hybridized carbons (Fsp3) is 0.263. The van der Waals surface area contributed by atoms with Crippen LogP contribution >= 0.6 is 0 Å². The Morgan fingerprint density at radius 3 is 3.00 bits per heavy atom. The molecule has 23 heavy (non-hydrogen) atoms. The van der Waals surface area contributed by atoms with Crippen LogP contribution in [0.1, 0.15) is 35.6 Å². The number of aryl methyl sites for hydroxylation is 1. The molecule has 0 spiro atoms. The fourth-order valence-corrected chi connectivity index (χ4v) is 2.94. The second-order valence-electron chi connectivity index (χ2n) is 5.64. The lowest BCUT2D eigenvalue weighted by atomic mass is 9.88. The van der Waals surface area contributed by atoms with Gasteiger partial charge in [0.15, 0.2) is 6.61 Å². The van der Waals surface area contributed by atoms with Gasteiger partial charge in [-0.25, -0.2) is 0 Å². The molecule has 2 aromatic carbocycles. The van der Waals surface area contributed by atoms with Gasteiger partial charge in [-0.1, -0.05) is 30.3 Å². The normalized spacial score (nSPS) is 16.0. The molecule has 0 aliphatic heterocycles. The maximum Gasteiger partial charge on any atom is 0.258 e. The topological polar surface area (TPSA) is 62.1 Å². The van der Waals surface area contributed by atoms with Crippen LogP contribution in [0.25, 0.3) is 0 Å². The van der Waals surface area contributed by atoms with Crippen molar-refractivity contribution in [1.29, 1.82) is 5.26 Å². The molecule has 4 nitrogen and oxygen atoms in total. The molecule has 2 aromatic rings. The summed E-state index contributed by atoms with van der Waals surface area (Å²) in [6, 6.07) is 17.2. The average Bonchev–Trinajstić information content (AvgIpc) is 2.60. The summed E-state index contributed by atoms with van der Waals surface area (Å²) in [5.41, 5.74) is 3.04. The van der Waals surface area contributed by atoms with Crippen molar-refractivity contribution in [2.75, 3.05) is 6.61 Å². The highest BCUT2D eigenvalue weighted by Gasteiger charge is 2.21. The molecule has 3 rings (SSSR count). The van der Waals surface area contributed by atoms with E-state index in [1.165, 1.54) is 11.1 Å². The van der Waals surface area contributed by atoms with Crippen molar-refractivity contribution >= 4 is 5.91 Å². The number of hydrogen-bond acceptors (Lipinski definition) is 3. The number of ether oxygens (including phenoxy) is 1. The van der Waals surface area contributed by atoms with Gasteiger partial charge < -0.3 is 10.1 Å². The zero-order valence-corrected chi connectivity index (χ0v) is 12.8. The zero-order chi connectivity index (χ0) is 16.1. The van der Waals surface area contributed by atoms with E-state index < -0.39 is 0 Å². The molecule has 0 fully saturated rings. The van der Waals surface area contributed by atoms with E-state index in [0.717, 1.165) is 19.3 Å². The van der Waals surface area contributed by atoms with Crippen LogP contribution in [-0.4, -0.2) is 12.5 Å². The van der Waals surface area contributed by atoms with E-state index in [1.807, 2.05) is 12.1 Å². The monoisotopic (exact) mass is 306 g/mol. The van der Waals surface area contributed by atoms with Gasteiger partial charge in [0.2, 0.25) is 0 Å². The van der Waals surface area contributed by atoms with Gasteiger partial charge in [0, 0.05) is 0 Å². The molecule has 0 saturated heterocycles. The summed E-state index contributed by atoms with van der Waals surface area (Å²) in [4.78, 5) is 12.1. The quantitative estimate of drug-likeness (QED) is 0.944. The second-order valence-corrected chi connectivity index (χ2v) is 5.64. The summed E-state index contributed by atoms with van der Waals surface area (Å²) < 4.78 is 5.48. The molecule has 4 heteroatoms. The van der Waals surface area contributed by atoms with Crippen molar-refractivity contribution in [2.45, 2.75) is 25.3 Å². The average molecular weight is 306 g/mol. The molecule has 0 heterocycles. The van der Waals surface area contributed by atoms with Crippen LogP contribution in [0.2, 0.25) is 0 Å². The van der Waals surface area contributed by atoms with Gasteiger partial charge in [0.25, 0.3) is 5.91 Å². The predicted molar refractivity (Wildman–Crippen MR) is 86.9 cm³/mol. The van der Waals surface area contributed by atoms with Gasteiger partial charge in [0.1, 0.15) is 5.75 Å². The number of nitriles is 1. The van der Waals surface area contributed by atoms with Crippen LogP contribution < -0.4 is 10.1 Å². The fourth-order valence-electron chi connectivity index (χ4n) is 2.94. The van der Waals surface area contributed by atoms with Gasteiger partial charge in [-0.15, -0.1) is 0 Å². The number of amides is 1. The van der Waals surface area contributed by atoms with E-state index in [1.54, 1.807) is 24.3 Å². The Hall–Kier alpha value is -2.80. The van der Waals surface area contributed by atoms with Crippen LogP contribution in [0.15, 0.2) is 48.5 Å². The van der Waals surface area contributed by atoms with Crippen LogP contribution in [0, 0.1) is 11.3 Å². The van der Waals surface area contributed by atoms with E-state index in [0.29, 0.717) is 11.3 Å². The van der Waals surface area contributed by atoms with Gasteiger partial charge in [-0.3, -0.25) is 4.79 Å². The van der Waals surface area contributed by atoms with E-state index in [4.69, 9.17) is 10.00 Å². The van der Waals surface area contributed by atoms with Gasteiger partial charge in [-0.2, -0.15) is 5.26 Å². The molecule has 116 valence electrons. The Morgan fingerprint density at radius 2 is 2.13 bits per heavy atom. The Morgan fingerprint density at radius 1 is 1.26 bits per heavy atom. The minimum Gasteiger partial charge on any atom is -0.484 e. The molecular formula is C19H18N2O2. The number of fused-ring (bicyclic) bond motifs is 1. The third-order valence-electron chi connectivity index (χ3n) is 4.04. The molecule has 1 aliphatic carbocycles. The van der Waals surface area contributed by atoms with Crippen molar-refractivity contribution in [3.8, 4) is 11.8 Å². The standard InChI is InChI=1S/C19H18N2O2/c20-12-14-5-3-8-16(11-14)23-13-19(22)21-18-10-4-7-15-6-1-2-9-17(15)18/h1-3,5-6,8-9,11,18H,4,7,10,13H2,(H,21,22)/t18-/m0/s1. The molecule has 0 radical (unpaired) electrons. The lowest BCUT2D eigenvalue weighted by molar-refractivity contribution is -0.123. The highest BCUT2D eigenvalue weighted by atomic mass is 16.5. The minimum absolute atomic E-state index is 0.0481. The molecule has 0 aromatic heterocycles. The van der Waals surface area contributed by atoms with Gasteiger partial charge >= 0.3 is 0 Å². The number of carbonyl (C=O) groups is 1. The second kappa shape index (κ2) is 6.97. The molecule has 1 aliphatic rings. The Labute approximate surface area is 135 Å². The number of rotatable bonds is 4. The predicted octanol–water partition coefficient (Wildman–Crippen LogP) is 3.13. The van der Waals surface area contributed by atoms with Crippen molar-refractivity contribution in [2.24, 2.45) is 0 Å². The number of hydrogen-bond donors (Lipinski definition) is 1. The maximum atomic E-state index is 12.1. The van der Waals surface area contributed by atoms with Crippen LogP contribution in [0.4, 0.5) is 0 Å². The van der Waals surface area contributed by atoms with E-state index in [9.17, 15) is 4.79 Å². The number of nitrogens with one attached hydrogen (secondary N) is 1. The smallest absolute Gasteiger partial charge is 0.258 e. The maximum absolute atomic E-state index is 12.1. The Kier molecular flexibility index (Phi) is 4.58. The van der Waals surface area contributed by atoms with E-state index >= 15 is 0 Å². The summed E-state index contributed by atoms with van der Waals surface area (Å²) in [6.45, 7) is -0.0481. The number of nitrogens with zero attached hydrogens (tertiary/aromatic N) is 1. The number of carbonyl (C=O) groups excluding carboxylic acids is 1. The van der Waals surface area contributed by atoms with Crippen molar-refractivity contribution in [3.05, 3.63) is 65.2 Å². The SMILES string of the molecule is N#Cc1cccc(OCC(=O)N[C@H]2CCCc3ccccc32)c1. The van der Waals surface area contributed by atoms with Crippen molar-refractivity contribution < 1.29 is 9.53 Å². The highest BCUT2D eigenvalue weighted by molar-refractivity contribution is 5.78. The summed E-state index contributed by atoms with van der Waals surface area (Å²) >= 11 is 0. The summed E-state index contributed by atoms with van der Waals surface area (Å²) in [7, 11) is 0. The molecule has 0 saturated carbocycles. The lowest BCUT2D eigenvalue weighted by Gasteiger charge is -2.26. The van der Waals surface area contributed by atoms with Crippen LogP contribution in [-0.2, 0) is 11.2 Å². The lowest BCUT2D eigenvalue weighted by Crippen LogP contribution is -2.34. The first-order valence-corrected chi connectivity index (χ1v) is 7.76. The summed E-state index contributed by atoms with van der Waals surface area (Å²) in [6.07, 6.45) is 3.10. The summed E-state index contributed by atoms with van der Waals surface area (Å²) in [5, 5.41) is 11.9. The van der Waals surface area contributed by atoms with Crippen LogP contribution in [0.5, 0.6) is 5.75 Å². The highest BCUT2D eigenvalue weighted by Crippen LogP contribution is 2.29. The Bertz CT molecular complexity index is 749. The van der Waals surface area contributed by atoms with Gasteiger partial charge in [-0.05, 0) is 48.6 Å². The molecule has 0 bridgehead atoms. The van der Waals surface area contributed by atoms with E-state index in [2.05, 4.69) is 23.5 Å². The molecule has 1 atom stereocenters. The van der Waals surface area contributed by atoms with Crippen LogP contribution in [0.3, 0.4) is 0 Å².